The van der Waals surface area contributed by atoms with Crippen LogP contribution in [0.4, 0.5) is 4.79 Å². The second-order valence-corrected chi connectivity index (χ2v) is 5.71. The van der Waals surface area contributed by atoms with Gasteiger partial charge in [0.2, 0.25) is 5.91 Å². The first kappa shape index (κ1) is 17.3. The molecule has 0 aliphatic heterocycles. The molecule has 1 atom stereocenters. The second kappa shape index (κ2) is 7.85. The number of carbonyl (C=O) groups is 3. The maximum absolute atomic E-state index is 11.7. The lowest BCUT2D eigenvalue weighted by Crippen LogP contribution is -2.57. The van der Waals surface area contributed by atoms with Gasteiger partial charge in [-0.2, -0.15) is 0 Å². The van der Waals surface area contributed by atoms with Crippen molar-refractivity contribution in [3.63, 3.8) is 0 Å². The van der Waals surface area contributed by atoms with Crippen molar-refractivity contribution >= 4 is 17.9 Å². The molecule has 0 aromatic heterocycles. The van der Waals surface area contributed by atoms with Crippen molar-refractivity contribution in [1.82, 2.24) is 16.0 Å². The maximum Gasteiger partial charge on any atom is 0.315 e. The highest BCUT2D eigenvalue weighted by Crippen LogP contribution is 2.34. The van der Waals surface area contributed by atoms with E-state index in [4.69, 9.17) is 5.11 Å². The van der Waals surface area contributed by atoms with E-state index in [2.05, 4.69) is 16.0 Å². The third-order valence-corrected chi connectivity index (χ3v) is 3.84. The zero-order chi connectivity index (χ0) is 15.9. The molecule has 1 fully saturated rings. The molecule has 1 aliphatic rings. The fraction of sp³-hybridized carbons (Fsp3) is 0.786. The van der Waals surface area contributed by atoms with E-state index in [1.165, 1.54) is 0 Å². The van der Waals surface area contributed by atoms with Crippen molar-refractivity contribution in [2.24, 2.45) is 0 Å². The molecule has 1 aliphatic carbocycles. The summed E-state index contributed by atoms with van der Waals surface area (Å²) in [5, 5.41) is 17.0. The summed E-state index contributed by atoms with van der Waals surface area (Å²) in [7, 11) is 0. The molecule has 1 rings (SSSR count). The molecular weight excluding hydrogens is 274 g/mol. The summed E-state index contributed by atoms with van der Waals surface area (Å²) in [4.78, 5) is 34.1. The smallest absolute Gasteiger partial charge is 0.315 e. The van der Waals surface area contributed by atoms with E-state index >= 15 is 0 Å². The van der Waals surface area contributed by atoms with E-state index in [0.717, 1.165) is 12.8 Å². The largest absolute Gasteiger partial charge is 0.481 e. The molecule has 21 heavy (non-hydrogen) atoms. The van der Waals surface area contributed by atoms with E-state index in [-0.39, 0.29) is 31.3 Å². The van der Waals surface area contributed by atoms with Crippen LogP contribution in [0.1, 0.15) is 52.4 Å². The van der Waals surface area contributed by atoms with Crippen LogP contribution in [0.5, 0.6) is 0 Å². The van der Waals surface area contributed by atoms with Gasteiger partial charge in [0.25, 0.3) is 0 Å². The summed E-state index contributed by atoms with van der Waals surface area (Å²) in [6, 6.07) is -0.285. The highest BCUT2D eigenvalue weighted by molar-refractivity contribution is 5.79. The van der Waals surface area contributed by atoms with Gasteiger partial charge in [0.05, 0.1) is 12.0 Å². The van der Waals surface area contributed by atoms with Crippen LogP contribution >= 0.6 is 0 Å². The molecule has 7 heteroatoms. The zero-order valence-corrected chi connectivity index (χ0v) is 12.7. The highest BCUT2D eigenvalue weighted by Gasteiger charge is 2.40. The molecule has 0 bridgehead atoms. The molecule has 4 N–H and O–H groups in total. The van der Waals surface area contributed by atoms with Crippen molar-refractivity contribution in [2.75, 3.05) is 6.54 Å². The number of carboxylic acid groups (broad SMARTS) is 1. The molecule has 0 aromatic carbocycles. The summed E-state index contributed by atoms with van der Waals surface area (Å²) in [5.74, 6) is -1.02. The number of rotatable bonds is 8. The van der Waals surface area contributed by atoms with Gasteiger partial charge in [-0.25, -0.2) is 4.79 Å². The SMILES string of the molecule is CCC(C)NC(=O)CCNC(=O)NC1(CC(=O)O)CCC1. The first-order valence-corrected chi connectivity index (χ1v) is 7.44. The van der Waals surface area contributed by atoms with E-state index < -0.39 is 17.5 Å². The number of aliphatic carboxylic acids is 1. The Hall–Kier alpha value is -1.79. The standard InChI is InChI=1S/C14H25N3O4/c1-3-10(2)16-11(18)5-8-15-13(21)17-14(6-4-7-14)9-12(19)20/h10H,3-9H2,1-2H3,(H,16,18)(H,19,20)(H2,15,17,21). The van der Waals surface area contributed by atoms with Gasteiger partial charge >= 0.3 is 12.0 Å². The maximum atomic E-state index is 11.7. The average molecular weight is 299 g/mol. The molecule has 0 radical (unpaired) electrons. The Kier molecular flexibility index (Phi) is 6.45. The van der Waals surface area contributed by atoms with Gasteiger partial charge in [-0.3, -0.25) is 9.59 Å². The molecule has 120 valence electrons. The van der Waals surface area contributed by atoms with Crippen LogP contribution in [0, 0.1) is 0 Å². The first-order valence-electron chi connectivity index (χ1n) is 7.44. The lowest BCUT2D eigenvalue weighted by Gasteiger charge is -2.41. The van der Waals surface area contributed by atoms with Crippen LogP contribution in [-0.2, 0) is 9.59 Å². The van der Waals surface area contributed by atoms with Crippen LogP contribution in [0.2, 0.25) is 0 Å². The Labute approximate surface area is 124 Å². The number of amides is 3. The van der Waals surface area contributed by atoms with Crippen LogP contribution in [-0.4, -0.2) is 41.1 Å². The van der Waals surface area contributed by atoms with Gasteiger partial charge in [0.15, 0.2) is 0 Å². The molecule has 1 unspecified atom stereocenters. The minimum Gasteiger partial charge on any atom is -0.481 e. The lowest BCUT2D eigenvalue weighted by molar-refractivity contribution is -0.139. The monoisotopic (exact) mass is 299 g/mol. The van der Waals surface area contributed by atoms with Crippen molar-refractivity contribution in [2.45, 2.75) is 64.0 Å². The molecule has 0 heterocycles. The van der Waals surface area contributed by atoms with Crippen LogP contribution in [0.3, 0.4) is 0 Å². The minimum absolute atomic E-state index is 0.0606. The number of carbonyl (C=O) groups excluding carboxylic acids is 2. The Morgan fingerprint density at radius 2 is 1.95 bits per heavy atom. The van der Waals surface area contributed by atoms with Crippen molar-refractivity contribution in [3.05, 3.63) is 0 Å². The minimum atomic E-state index is -0.914. The third-order valence-electron chi connectivity index (χ3n) is 3.84. The Bertz CT molecular complexity index is 394. The van der Waals surface area contributed by atoms with Gasteiger partial charge in [-0.1, -0.05) is 6.92 Å². The normalized spacial score (nSPS) is 17.2. The van der Waals surface area contributed by atoms with E-state index in [0.29, 0.717) is 12.8 Å². The van der Waals surface area contributed by atoms with Gasteiger partial charge in [-0.15, -0.1) is 0 Å². The predicted octanol–water partition coefficient (Wildman–Crippen LogP) is 0.988. The quantitative estimate of drug-likeness (QED) is 0.536. The summed E-state index contributed by atoms with van der Waals surface area (Å²) in [6.07, 6.45) is 3.29. The van der Waals surface area contributed by atoms with Gasteiger partial charge in [0.1, 0.15) is 0 Å². The van der Waals surface area contributed by atoms with E-state index in [9.17, 15) is 14.4 Å². The number of hydrogen-bond acceptors (Lipinski definition) is 3. The van der Waals surface area contributed by atoms with E-state index in [1.54, 1.807) is 0 Å². The fourth-order valence-electron chi connectivity index (χ4n) is 2.26. The number of urea groups is 1. The highest BCUT2D eigenvalue weighted by atomic mass is 16.4. The van der Waals surface area contributed by atoms with E-state index in [1.807, 2.05) is 13.8 Å². The van der Waals surface area contributed by atoms with Crippen LogP contribution in [0.15, 0.2) is 0 Å². The van der Waals surface area contributed by atoms with Gasteiger partial charge < -0.3 is 21.1 Å². The Balaban J connectivity index is 2.24. The predicted molar refractivity (Wildman–Crippen MR) is 77.9 cm³/mol. The molecule has 7 nitrogen and oxygen atoms in total. The fourth-order valence-corrected chi connectivity index (χ4v) is 2.26. The lowest BCUT2D eigenvalue weighted by atomic mass is 9.74. The molecule has 1 saturated carbocycles. The second-order valence-electron chi connectivity index (χ2n) is 5.71. The summed E-state index contributed by atoms with van der Waals surface area (Å²) in [6.45, 7) is 4.14. The first-order chi connectivity index (χ1) is 9.87. The average Bonchev–Trinajstić information content (AvgIpc) is 2.35. The number of hydrogen-bond donors (Lipinski definition) is 4. The molecule has 0 saturated heterocycles. The van der Waals surface area contributed by atoms with Gasteiger partial charge in [0, 0.05) is 19.0 Å². The van der Waals surface area contributed by atoms with Crippen molar-refractivity contribution < 1.29 is 19.5 Å². The van der Waals surface area contributed by atoms with Gasteiger partial charge in [-0.05, 0) is 32.6 Å². The van der Waals surface area contributed by atoms with Crippen LogP contribution in [0.25, 0.3) is 0 Å². The number of carboxylic acids is 1. The van der Waals surface area contributed by atoms with Crippen molar-refractivity contribution in [1.29, 1.82) is 0 Å². The van der Waals surface area contributed by atoms with Crippen LogP contribution < -0.4 is 16.0 Å². The zero-order valence-electron chi connectivity index (χ0n) is 12.7. The third kappa shape index (κ3) is 6.01. The number of nitrogens with one attached hydrogen (secondary N) is 3. The topological polar surface area (TPSA) is 108 Å². The molecule has 0 aromatic rings. The molecule has 0 spiro atoms. The Morgan fingerprint density at radius 3 is 2.43 bits per heavy atom. The summed E-state index contributed by atoms with van der Waals surface area (Å²) < 4.78 is 0. The molecular formula is C14H25N3O4. The van der Waals surface area contributed by atoms with Crippen molar-refractivity contribution in [3.8, 4) is 0 Å². The summed E-state index contributed by atoms with van der Waals surface area (Å²) in [5.41, 5.74) is -0.616. The molecule has 3 amide bonds. The summed E-state index contributed by atoms with van der Waals surface area (Å²) >= 11 is 0. The Morgan fingerprint density at radius 1 is 1.29 bits per heavy atom.